The summed E-state index contributed by atoms with van der Waals surface area (Å²) in [5.41, 5.74) is 2.15. The lowest BCUT2D eigenvalue weighted by atomic mass is 10.0. The van der Waals surface area contributed by atoms with E-state index in [1.165, 1.54) is 13.0 Å². The Morgan fingerprint density at radius 1 is 1.25 bits per heavy atom. The second kappa shape index (κ2) is 6.19. The molecule has 0 unspecified atom stereocenters. The largest absolute Gasteiger partial charge is 0.497 e. The van der Waals surface area contributed by atoms with Crippen molar-refractivity contribution < 1.29 is 13.9 Å². The summed E-state index contributed by atoms with van der Waals surface area (Å²) in [5, 5.41) is 2.72. The predicted molar refractivity (Wildman–Crippen MR) is 75.9 cm³/mol. The maximum Gasteiger partial charge on any atom is 0.217 e. The maximum absolute atomic E-state index is 13.9. The maximum atomic E-state index is 13.9. The molecule has 0 fully saturated rings. The van der Waals surface area contributed by atoms with Crippen LogP contribution in [0.4, 0.5) is 4.39 Å². The SMILES string of the molecule is COc1ccc(F)c(-c2cccc(CNC(C)=O)c2)c1. The highest BCUT2D eigenvalue weighted by Crippen LogP contribution is 2.27. The summed E-state index contributed by atoms with van der Waals surface area (Å²) in [5.74, 6) is 0.208. The van der Waals surface area contributed by atoms with Crippen molar-refractivity contribution in [2.75, 3.05) is 7.11 Å². The zero-order valence-corrected chi connectivity index (χ0v) is 11.4. The number of amides is 1. The van der Waals surface area contributed by atoms with Crippen molar-refractivity contribution in [1.82, 2.24) is 5.32 Å². The topological polar surface area (TPSA) is 38.3 Å². The van der Waals surface area contributed by atoms with Gasteiger partial charge in [-0.05, 0) is 35.4 Å². The fraction of sp³-hybridized carbons (Fsp3) is 0.188. The van der Waals surface area contributed by atoms with Crippen LogP contribution in [-0.2, 0) is 11.3 Å². The van der Waals surface area contributed by atoms with Gasteiger partial charge in [0.25, 0.3) is 0 Å². The number of hydrogen-bond acceptors (Lipinski definition) is 2. The standard InChI is InChI=1S/C16H16FNO2/c1-11(19)18-10-12-4-3-5-13(8-12)15-9-14(20-2)6-7-16(15)17/h3-9H,10H2,1-2H3,(H,18,19). The van der Waals surface area contributed by atoms with Crippen LogP contribution in [0.5, 0.6) is 5.75 Å². The Balaban J connectivity index is 2.33. The zero-order chi connectivity index (χ0) is 14.5. The van der Waals surface area contributed by atoms with Crippen LogP contribution in [0, 0.1) is 5.82 Å². The normalized spacial score (nSPS) is 10.2. The highest BCUT2D eigenvalue weighted by atomic mass is 19.1. The van der Waals surface area contributed by atoms with Crippen molar-refractivity contribution in [2.24, 2.45) is 0 Å². The van der Waals surface area contributed by atoms with Gasteiger partial charge >= 0.3 is 0 Å². The van der Waals surface area contributed by atoms with Crippen LogP contribution in [0.25, 0.3) is 11.1 Å². The van der Waals surface area contributed by atoms with Crippen molar-refractivity contribution in [2.45, 2.75) is 13.5 Å². The lowest BCUT2D eigenvalue weighted by Crippen LogP contribution is -2.18. The van der Waals surface area contributed by atoms with Gasteiger partial charge in [0.05, 0.1) is 7.11 Å². The van der Waals surface area contributed by atoms with Crippen LogP contribution in [0.1, 0.15) is 12.5 Å². The molecule has 0 aliphatic heterocycles. The minimum absolute atomic E-state index is 0.0945. The Labute approximate surface area is 117 Å². The second-order valence-corrected chi connectivity index (χ2v) is 4.46. The van der Waals surface area contributed by atoms with E-state index in [4.69, 9.17) is 4.74 Å². The van der Waals surface area contributed by atoms with Crippen molar-refractivity contribution in [3.63, 3.8) is 0 Å². The van der Waals surface area contributed by atoms with Gasteiger partial charge in [-0.25, -0.2) is 4.39 Å². The molecule has 104 valence electrons. The third kappa shape index (κ3) is 3.35. The van der Waals surface area contributed by atoms with Crippen LogP contribution in [-0.4, -0.2) is 13.0 Å². The average Bonchev–Trinajstić information content (AvgIpc) is 2.46. The molecule has 2 aromatic rings. The van der Waals surface area contributed by atoms with E-state index in [9.17, 15) is 9.18 Å². The fourth-order valence-electron chi connectivity index (χ4n) is 1.93. The van der Waals surface area contributed by atoms with Gasteiger partial charge in [0.1, 0.15) is 11.6 Å². The van der Waals surface area contributed by atoms with Crippen LogP contribution >= 0.6 is 0 Å². The van der Waals surface area contributed by atoms with E-state index >= 15 is 0 Å². The molecule has 0 saturated heterocycles. The number of hydrogen-bond donors (Lipinski definition) is 1. The molecular weight excluding hydrogens is 257 g/mol. The van der Waals surface area contributed by atoms with Gasteiger partial charge in [-0.2, -0.15) is 0 Å². The number of rotatable bonds is 4. The summed E-state index contributed by atoms with van der Waals surface area (Å²) >= 11 is 0. The van der Waals surface area contributed by atoms with Gasteiger partial charge in [-0.3, -0.25) is 4.79 Å². The molecule has 0 bridgehead atoms. The van der Waals surface area contributed by atoms with E-state index < -0.39 is 0 Å². The van der Waals surface area contributed by atoms with Gasteiger partial charge in [0, 0.05) is 19.0 Å². The van der Waals surface area contributed by atoms with Crippen LogP contribution in [0.3, 0.4) is 0 Å². The fourth-order valence-corrected chi connectivity index (χ4v) is 1.93. The highest BCUT2D eigenvalue weighted by Gasteiger charge is 2.07. The summed E-state index contributed by atoms with van der Waals surface area (Å²) < 4.78 is 19.0. The molecule has 0 heterocycles. The first-order valence-electron chi connectivity index (χ1n) is 6.27. The Morgan fingerprint density at radius 2 is 2.05 bits per heavy atom. The molecule has 2 rings (SSSR count). The van der Waals surface area contributed by atoms with Crippen molar-refractivity contribution >= 4 is 5.91 Å². The number of carbonyl (C=O) groups excluding carboxylic acids is 1. The van der Waals surface area contributed by atoms with E-state index in [1.807, 2.05) is 24.3 Å². The summed E-state index contributed by atoms with van der Waals surface area (Å²) in [4.78, 5) is 10.9. The molecule has 4 heteroatoms. The smallest absolute Gasteiger partial charge is 0.217 e. The highest BCUT2D eigenvalue weighted by molar-refractivity contribution is 5.73. The van der Waals surface area contributed by atoms with Gasteiger partial charge < -0.3 is 10.1 Å². The molecular formula is C16H16FNO2. The molecule has 3 nitrogen and oxygen atoms in total. The molecule has 20 heavy (non-hydrogen) atoms. The third-order valence-corrected chi connectivity index (χ3v) is 2.95. The van der Waals surface area contributed by atoms with Gasteiger partial charge in [0.2, 0.25) is 5.91 Å². The predicted octanol–water partition coefficient (Wildman–Crippen LogP) is 3.14. The Morgan fingerprint density at radius 3 is 2.75 bits per heavy atom. The number of nitrogens with one attached hydrogen (secondary N) is 1. The molecule has 0 aliphatic carbocycles. The third-order valence-electron chi connectivity index (χ3n) is 2.95. The number of benzene rings is 2. The summed E-state index contributed by atoms with van der Waals surface area (Å²) in [6, 6.07) is 12.0. The number of carbonyl (C=O) groups is 1. The van der Waals surface area contributed by atoms with Gasteiger partial charge in [-0.1, -0.05) is 18.2 Å². The van der Waals surface area contributed by atoms with E-state index in [2.05, 4.69) is 5.32 Å². The monoisotopic (exact) mass is 273 g/mol. The van der Waals surface area contributed by atoms with Crippen molar-refractivity contribution in [1.29, 1.82) is 0 Å². The molecule has 0 saturated carbocycles. The average molecular weight is 273 g/mol. The summed E-state index contributed by atoms with van der Waals surface area (Å²) in [6.07, 6.45) is 0. The van der Waals surface area contributed by atoms with Crippen molar-refractivity contribution in [3.05, 3.63) is 53.8 Å². The lowest BCUT2D eigenvalue weighted by Gasteiger charge is -2.09. The summed E-state index contributed by atoms with van der Waals surface area (Å²) in [6.45, 7) is 1.89. The first kappa shape index (κ1) is 14.1. The molecule has 1 amide bonds. The Hall–Kier alpha value is -2.36. The van der Waals surface area contributed by atoms with E-state index in [-0.39, 0.29) is 11.7 Å². The lowest BCUT2D eigenvalue weighted by molar-refractivity contribution is -0.119. The molecule has 2 aromatic carbocycles. The zero-order valence-electron chi connectivity index (χ0n) is 11.4. The first-order valence-corrected chi connectivity index (χ1v) is 6.27. The van der Waals surface area contributed by atoms with E-state index in [1.54, 1.807) is 19.2 Å². The molecule has 0 radical (unpaired) electrons. The molecule has 0 aliphatic rings. The quantitative estimate of drug-likeness (QED) is 0.929. The number of ether oxygens (including phenoxy) is 1. The molecule has 1 N–H and O–H groups in total. The van der Waals surface area contributed by atoms with E-state index in [0.29, 0.717) is 17.9 Å². The van der Waals surface area contributed by atoms with Gasteiger partial charge in [0.15, 0.2) is 0 Å². The first-order chi connectivity index (χ1) is 9.60. The molecule has 0 spiro atoms. The molecule has 0 atom stereocenters. The number of halogens is 1. The Bertz CT molecular complexity index is 626. The summed E-state index contributed by atoms with van der Waals surface area (Å²) in [7, 11) is 1.55. The van der Waals surface area contributed by atoms with Crippen molar-refractivity contribution in [3.8, 4) is 16.9 Å². The van der Waals surface area contributed by atoms with Crippen LogP contribution < -0.4 is 10.1 Å². The molecule has 0 aromatic heterocycles. The minimum Gasteiger partial charge on any atom is -0.497 e. The van der Waals surface area contributed by atoms with Gasteiger partial charge in [-0.15, -0.1) is 0 Å². The number of methoxy groups -OCH3 is 1. The minimum atomic E-state index is -0.303. The van der Waals surface area contributed by atoms with Crippen LogP contribution in [0.15, 0.2) is 42.5 Å². The van der Waals surface area contributed by atoms with E-state index in [0.717, 1.165) is 11.1 Å². The van der Waals surface area contributed by atoms with Crippen LogP contribution in [0.2, 0.25) is 0 Å². The second-order valence-electron chi connectivity index (χ2n) is 4.46. The Kier molecular flexibility index (Phi) is 4.35.